The predicted octanol–water partition coefficient (Wildman–Crippen LogP) is 2.78. The van der Waals surface area contributed by atoms with Gasteiger partial charge in [0.25, 0.3) is 0 Å². The van der Waals surface area contributed by atoms with Crippen molar-refractivity contribution in [1.29, 1.82) is 0 Å². The summed E-state index contributed by atoms with van der Waals surface area (Å²) in [6.45, 7) is 3.38. The van der Waals surface area contributed by atoms with Crippen molar-refractivity contribution in [3.63, 3.8) is 0 Å². The minimum absolute atomic E-state index is 0.142. The van der Waals surface area contributed by atoms with E-state index in [-0.39, 0.29) is 5.78 Å². The van der Waals surface area contributed by atoms with E-state index < -0.39 is 5.82 Å². The van der Waals surface area contributed by atoms with Crippen molar-refractivity contribution in [3.8, 4) is 5.69 Å². The average molecular weight is 232 g/mol. The van der Waals surface area contributed by atoms with E-state index in [4.69, 9.17) is 0 Å². The molecule has 0 unspecified atom stereocenters. The molecule has 0 aliphatic carbocycles. The lowest BCUT2D eigenvalue weighted by Crippen LogP contribution is -2.03. The maximum atomic E-state index is 13.9. The van der Waals surface area contributed by atoms with Gasteiger partial charge in [0, 0.05) is 24.4 Å². The van der Waals surface area contributed by atoms with Gasteiger partial charge in [-0.3, -0.25) is 4.79 Å². The van der Waals surface area contributed by atoms with Crippen molar-refractivity contribution >= 4 is 5.78 Å². The second-order valence-electron chi connectivity index (χ2n) is 3.79. The zero-order chi connectivity index (χ0) is 12.4. The largest absolute Gasteiger partial charge is 0.301 e. The summed E-state index contributed by atoms with van der Waals surface area (Å²) in [5.41, 5.74) is 0.800. The predicted molar refractivity (Wildman–Crippen MR) is 62.9 cm³/mol. The molecule has 0 spiro atoms. The molecule has 1 heterocycles. The topological polar surface area (TPSA) is 34.9 Å². The standard InChI is InChI=1S/C13H13FN2O/c1-3-13-15-6-7-16(13)12-5-4-10(9(2)17)8-11(12)14/h4-8H,3H2,1-2H3. The summed E-state index contributed by atoms with van der Waals surface area (Å²) in [5.74, 6) is 0.238. The third-order valence-corrected chi connectivity index (χ3v) is 2.65. The van der Waals surface area contributed by atoms with E-state index >= 15 is 0 Å². The number of carbonyl (C=O) groups is 1. The number of nitrogens with zero attached hydrogens (tertiary/aromatic N) is 2. The lowest BCUT2D eigenvalue weighted by molar-refractivity contribution is 0.101. The zero-order valence-electron chi connectivity index (χ0n) is 9.77. The van der Waals surface area contributed by atoms with Crippen molar-refractivity contribution < 1.29 is 9.18 Å². The first-order chi connectivity index (χ1) is 8.13. The molecule has 2 aromatic rings. The van der Waals surface area contributed by atoms with Gasteiger partial charge in [-0.15, -0.1) is 0 Å². The van der Waals surface area contributed by atoms with Crippen molar-refractivity contribution in [3.05, 3.63) is 47.8 Å². The summed E-state index contributed by atoms with van der Waals surface area (Å²) in [4.78, 5) is 15.3. The first-order valence-electron chi connectivity index (χ1n) is 5.46. The maximum Gasteiger partial charge on any atom is 0.159 e. The fraction of sp³-hybridized carbons (Fsp3) is 0.231. The molecule has 0 atom stereocenters. The molecule has 3 nitrogen and oxygen atoms in total. The van der Waals surface area contributed by atoms with Crippen LogP contribution in [-0.4, -0.2) is 15.3 Å². The van der Waals surface area contributed by atoms with Crippen LogP contribution in [0.3, 0.4) is 0 Å². The smallest absolute Gasteiger partial charge is 0.159 e. The second kappa shape index (κ2) is 4.49. The highest BCUT2D eigenvalue weighted by Gasteiger charge is 2.10. The Morgan fingerprint density at radius 1 is 1.47 bits per heavy atom. The number of aromatic nitrogens is 2. The molecule has 2 rings (SSSR count). The fourth-order valence-electron chi connectivity index (χ4n) is 1.74. The van der Waals surface area contributed by atoms with E-state index in [1.807, 2.05) is 6.92 Å². The van der Waals surface area contributed by atoms with Crippen LogP contribution < -0.4 is 0 Å². The van der Waals surface area contributed by atoms with Gasteiger partial charge in [0.05, 0.1) is 5.69 Å². The van der Waals surface area contributed by atoms with Crippen LogP contribution >= 0.6 is 0 Å². The van der Waals surface area contributed by atoms with Gasteiger partial charge in [-0.05, 0) is 25.1 Å². The van der Waals surface area contributed by atoms with E-state index in [1.54, 1.807) is 29.1 Å². The van der Waals surface area contributed by atoms with Crippen LogP contribution in [0.25, 0.3) is 5.69 Å². The van der Waals surface area contributed by atoms with Crippen molar-refractivity contribution in [2.75, 3.05) is 0 Å². The van der Waals surface area contributed by atoms with Crippen LogP contribution in [-0.2, 0) is 6.42 Å². The Morgan fingerprint density at radius 2 is 2.24 bits per heavy atom. The lowest BCUT2D eigenvalue weighted by Gasteiger charge is -2.08. The van der Waals surface area contributed by atoms with Gasteiger partial charge >= 0.3 is 0 Å². The normalized spacial score (nSPS) is 10.5. The number of ketones is 1. The molecule has 0 radical (unpaired) electrons. The van der Waals surface area contributed by atoms with Gasteiger partial charge in [-0.2, -0.15) is 0 Å². The quantitative estimate of drug-likeness (QED) is 0.763. The minimum Gasteiger partial charge on any atom is -0.301 e. The van der Waals surface area contributed by atoms with E-state index in [0.717, 1.165) is 12.2 Å². The molecule has 17 heavy (non-hydrogen) atoms. The Kier molecular flexibility index (Phi) is 3.04. The van der Waals surface area contributed by atoms with E-state index in [0.29, 0.717) is 11.3 Å². The van der Waals surface area contributed by atoms with Gasteiger partial charge in [0.15, 0.2) is 5.78 Å². The summed E-state index contributed by atoms with van der Waals surface area (Å²) in [7, 11) is 0. The van der Waals surface area contributed by atoms with Crippen LogP contribution in [0.2, 0.25) is 0 Å². The molecular formula is C13H13FN2O. The molecule has 0 saturated heterocycles. The van der Waals surface area contributed by atoms with Gasteiger partial charge in [-0.25, -0.2) is 9.37 Å². The van der Waals surface area contributed by atoms with Gasteiger partial charge in [0.2, 0.25) is 0 Å². The van der Waals surface area contributed by atoms with Gasteiger partial charge in [-0.1, -0.05) is 6.92 Å². The Balaban J connectivity index is 2.50. The SMILES string of the molecule is CCc1nccn1-c1ccc(C(C)=O)cc1F. The maximum absolute atomic E-state index is 13.9. The average Bonchev–Trinajstić information content (AvgIpc) is 2.76. The minimum atomic E-state index is -0.412. The highest BCUT2D eigenvalue weighted by Crippen LogP contribution is 2.17. The van der Waals surface area contributed by atoms with E-state index in [1.165, 1.54) is 13.0 Å². The van der Waals surface area contributed by atoms with E-state index in [2.05, 4.69) is 4.98 Å². The molecule has 1 aromatic heterocycles. The number of rotatable bonds is 3. The highest BCUT2D eigenvalue weighted by molar-refractivity contribution is 5.94. The molecule has 0 amide bonds. The van der Waals surface area contributed by atoms with E-state index in [9.17, 15) is 9.18 Å². The Labute approximate surface area is 98.9 Å². The Bertz CT molecular complexity index is 560. The first-order valence-corrected chi connectivity index (χ1v) is 5.46. The Morgan fingerprint density at radius 3 is 2.82 bits per heavy atom. The number of hydrogen-bond donors (Lipinski definition) is 0. The summed E-state index contributed by atoms with van der Waals surface area (Å²) < 4.78 is 15.6. The van der Waals surface area contributed by atoms with Crippen LogP contribution in [0.4, 0.5) is 4.39 Å². The van der Waals surface area contributed by atoms with Crippen molar-refractivity contribution in [2.45, 2.75) is 20.3 Å². The lowest BCUT2D eigenvalue weighted by atomic mass is 10.1. The number of Topliss-reactive ketones (excluding diaryl/α,β-unsaturated/α-hetero) is 1. The highest BCUT2D eigenvalue weighted by atomic mass is 19.1. The number of hydrogen-bond acceptors (Lipinski definition) is 2. The number of carbonyl (C=O) groups excluding carboxylic acids is 1. The molecule has 0 bridgehead atoms. The van der Waals surface area contributed by atoms with Crippen LogP contribution in [0.15, 0.2) is 30.6 Å². The Hall–Kier alpha value is -1.97. The molecule has 0 fully saturated rings. The van der Waals surface area contributed by atoms with Crippen LogP contribution in [0.1, 0.15) is 30.0 Å². The number of benzene rings is 1. The summed E-state index contributed by atoms with van der Waals surface area (Å²) in [6, 6.07) is 4.49. The number of aryl methyl sites for hydroxylation is 1. The molecule has 1 aromatic carbocycles. The molecule has 88 valence electrons. The molecule has 0 aliphatic heterocycles. The third-order valence-electron chi connectivity index (χ3n) is 2.65. The van der Waals surface area contributed by atoms with Crippen molar-refractivity contribution in [1.82, 2.24) is 9.55 Å². The third kappa shape index (κ3) is 2.11. The monoisotopic (exact) mass is 232 g/mol. The van der Waals surface area contributed by atoms with Gasteiger partial charge < -0.3 is 4.57 Å². The molecule has 4 heteroatoms. The first kappa shape index (κ1) is 11.5. The molecule has 0 N–H and O–H groups in total. The second-order valence-corrected chi connectivity index (χ2v) is 3.79. The van der Waals surface area contributed by atoms with Crippen LogP contribution in [0.5, 0.6) is 0 Å². The molecular weight excluding hydrogens is 219 g/mol. The summed E-state index contributed by atoms with van der Waals surface area (Å²) in [6.07, 6.45) is 4.07. The number of halogens is 1. The van der Waals surface area contributed by atoms with Gasteiger partial charge in [0.1, 0.15) is 11.6 Å². The van der Waals surface area contributed by atoms with Crippen molar-refractivity contribution in [2.24, 2.45) is 0 Å². The molecule has 0 saturated carbocycles. The number of imidazole rings is 1. The summed E-state index contributed by atoms with van der Waals surface area (Å²) >= 11 is 0. The fourth-order valence-corrected chi connectivity index (χ4v) is 1.74. The zero-order valence-corrected chi connectivity index (χ0v) is 9.77. The summed E-state index contributed by atoms with van der Waals surface area (Å²) in [5, 5.41) is 0. The van der Waals surface area contributed by atoms with Crippen LogP contribution in [0, 0.1) is 5.82 Å². The molecule has 0 aliphatic rings.